The number of amides is 3. The molecule has 0 bridgehead atoms. The van der Waals surface area contributed by atoms with Crippen LogP contribution in [-0.2, 0) is 9.53 Å². The summed E-state index contributed by atoms with van der Waals surface area (Å²) >= 11 is 0. The van der Waals surface area contributed by atoms with Crippen molar-refractivity contribution >= 4 is 17.9 Å². The largest absolute Gasteiger partial charge is 0.490 e. The lowest BCUT2D eigenvalue weighted by atomic mass is 10.1. The van der Waals surface area contributed by atoms with E-state index in [-0.39, 0.29) is 30.5 Å². The van der Waals surface area contributed by atoms with Crippen LogP contribution in [0.25, 0.3) is 0 Å². The lowest BCUT2D eigenvalue weighted by Gasteiger charge is -2.33. The van der Waals surface area contributed by atoms with Crippen molar-refractivity contribution in [2.45, 2.75) is 59.1 Å². The highest BCUT2D eigenvalue weighted by Gasteiger charge is 2.27. The van der Waals surface area contributed by atoms with Gasteiger partial charge in [0, 0.05) is 24.7 Å². The van der Waals surface area contributed by atoms with E-state index in [2.05, 4.69) is 10.6 Å². The summed E-state index contributed by atoms with van der Waals surface area (Å²) in [6, 6.07) is 4.87. The lowest BCUT2D eigenvalue weighted by molar-refractivity contribution is -0.121. The van der Waals surface area contributed by atoms with Crippen LogP contribution >= 0.6 is 0 Å². The summed E-state index contributed by atoms with van der Waals surface area (Å²) in [6.45, 7) is 11.0. The molecule has 0 unspecified atom stereocenters. The monoisotopic (exact) mass is 449 g/mol. The smallest absolute Gasteiger partial charge is 0.410 e. The molecule has 2 rings (SSSR count). The molecular formula is C23H35N3O6. The maximum atomic E-state index is 12.5. The molecule has 178 valence electrons. The third-order valence-corrected chi connectivity index (χ3v) is 4.73. The summed E-state index contributed by atoms with van der Waals surface area (Å²) in [5.74, 6) is 0.415. The number of piperidine rings is 1. The number of nitrogens with one attached hydrogen (secondary N) is 2. The van der Waals surface area contributed by atoms with Crippen LogP contribution in [0.5, 0.6) is 11.5 Å². The lowest BCUT2D eigenvalue weighted by Crippen LogP contribution is -2.49. The molecular weight excluding hydrogens is 414 g/mol. The Bertz CT molecular complexity index is 797. The molecule has 1 fully saturated rings. The van der Waals surface area contributed by atoms with Gasteiger partial charge in [-0.25, -0.2) is 4.79 Å². The first kappa shape index (κ1) is 25.3. The van der Waals surface area contributed by atoms with Crippen LogP contribution in [0.1, 0.15) is 57.8 Å². The summed E-state index contributed by atoms with van der Waals surface area (Å²) in [6.07, 6.45) is 0.932. The van der Waals surface area contributed by atoms with Crippen molar-refractivity contribution in [2.75, 3.05) is 32.8 Å². The zero-order valence-electron chi connectivity index (χ0n) is 19.7. The highest BCUT2D eigenvalue weighted by atomic mass is 16.6. The van der Waals surface area contributed by atoms with Gasteiger partial charge < -0.3 is 29.7 Å². The number of likely N-dealkylation sites (tertiary alicyclic amines) is 1. The molecule has 1 aliphatic heterocycles. The summed E-state index contributed by atoms with van der Waals surface area (Å²) in [7, 11) is 0. The second kappa shape index (κ2) is 11.6. The Morgan fingerprint density at radius 1 is 1.03 bits per heavy atom. The standard InChI is InChI=1S/C23H35N3O6/c1-6-30-18-9-8-16(14-19(18)31-7-2)21(28)24-15-20(27)25-17-10-12-26(13-11-17)22(29)32-23(3,4)5/h8-9,14,17H,6-7,10-13,15H2,1-5H3,(H,24,28)(H,25,27). The van der Waals surface area contributed by atoms with Gasteiger partial charge in [-0.1, -0.05) is 0 Å². The van der Waals surface area contributed by atoms with Crippen LogP contribution in [0.3, 0.4) is 0 Å². The van der Waals surface area contributed by atoms with Crippen molar-refractivity contribution in [1.82, 2.24) is 15.5 Å². The van der Waals surface area contributed by atoms with E-state index in [1.54, 1.807) is 23.1 Å². The number of nitrogens with zero attached hydrogens (tertiary/aromatic N) is 1. The summed E-state index contributed by atoms with van der Waals surface area (Å²) in [5.41, 5.74) is -0.150. The molecule has 1 saturated heterocycles. The Kier molecular flexibility index (Phi) is 9.16. The Labute approximate surface area is 189 Å². The molecule has 3 amide bonds. The predicted octanol–water partition coefficient (Wildman–Crippen LogP) is 2.73. The van der Waals surface area contributed by atoms with Crippen LogP contribution < -0.4 is 20.1 Å². The Morgan fingerprint density at radius 3 is 2.25 bits per heavy atom. The highest BCUT2D eigenvalue weighted by Crippen LogP contribution is 2.28. The summed E-state index contributed by atoms with van der Waals surface area (Å²) in [4.78, 5) is 38.5. The van der Waals surface area contributed by atoms with E-state index in [0.717, 1.165) is 0 Å². The fourth-order valence-electron chi connectivity index (χ4n) is 3.27. The zero-order chi connectivity index (χ0) is 23.7. The zero-order valence-corrected chi connectivity index (χ0v) is 19.7. The second-order valence-electron chi connectivity index (χ2n) is 8.52. The number of hydrogen-bond donors (Lipinski definition) is 2. The Balaban J connectivity index is 1.79. The number of carbonyl (C=O) groups is 3. The summed E-state index contributed by atoms with van der Waals surface area (Å²) in [5, 5.41) is 5.54. The molecule has 0 radical (unpaired) electrons. The van der Waals surface area contributed by atoms with Crippen molar-refractivity contribution in [2.24, 2.45) is 0 Å². The molecule has 2 N–H and O–H groups in total. The van der Waals surface area contributed by atoms with Crippen molar-refractivity contribution in [3.8, 4) is 11.5 Å². The van der Waals surface area contributed by atoms with Crippen molar-refractivity contribution in [1.29, 1.82) is 0 Å². The molecule has 1 aliphatic rings. The van der Waals surface area contributed by atoms with E-state index in [1.807, 2.05) is 34.6 Å². The van der Waals surface area contributed by atoms with E-state index < -0.39 is 5.60 Å². The van der Waals surface area contributed by atoms with E-state index in [9.17, 15) is 14.4 Å². The van der Waals surface area contributed by atoms with E-state index in [4.69, 9.17) is 14.2 Å². The van der Waals surface area contributed by atoms with Crippen molar-refractivity contribution in [3.63, 3.8) is 0 Å². The third kappa shape index (κ3) is 7.94. The van der Waals surface area contributed by atoms with Crippen LogP contribution in [0, 0.1) is 0 Å². The fourth-order valence-corrected chi connectivity index (χ4v) is 3.27. The average molecular weight is 450 g/mol. The first-order valence-electron chi connectivity index (χ1n) is 11.1. The topological polar surface area (TPSA) is 106 Å². The van der Waals surface area contributed by atoms with Crippen LogP contribution in [-0.4, -0.2) is 67.3 Å². The molecule has 1 heterocycles. The number of rotatable bonds is 8. The van der Waals surface area contributed by atoms with Gasteiger partial charge in [-0.3, -0.25) is 9.59 Å². The van der Waals surface area contributed by atoms with Gasteiger partial charge in [0.1, 0.15) is 5.60 Å². The minimum atomic E-state index is -0.535. The third-order valence-electron chi connectivity index (χ3n) is 4.73. The number of benzene rings is 1. The normalized spacial score (nSPS) is 14.5. The first-order chi connectivity index (χ1) is 15.1. The molecule has 32 heavy (non-hydrogen) atoms. The summed E-state index contributed by atoms with van der Waals surface area (Å²) < 4.78 is 16.4. The Morgan fingerprint density at radius 2 is 1.66 bits per heavy atom. The van der Waals surface area contributed by atoms with Gasteiger partial charge in [-0.05, 0) is 65.7 Å². The average Bonchev–Trinajstić information content (AvgIpc) is 2.73. The molecule has 1 aromatic carbocycles. The predicted molar refractivity (Wildman–Crippen MR) is 120 cm³/mol. The molecule has 9 nitrogen and oxygen atoms in total. The van der Waals surface area contributed by atoms with E-state index >= 15 is 0 Å². The molecule has 0 aromatic heterocycles. The SMILES string of the molecule is CCOc1ccc(C(=O)NCC(=O)NC2CCN(C(=O)OC(C)(C)C)CC2)cc1OCC. The van der Waals surface area contributed by atoms with Gasteiger partial charge in [-0.2, -0.15) is 0 Å². The first-order valence-corrected chi connectivity index (χ1v) is 11.1. The molecule has 0 aliphatic carbocycles. The second-order valence-corrected chi connectivity index (χ2v) is 8.52. The molecule has 0 saturated carbocycles. The van der Waals surface area contributed by atoms with Gasteiger partial charge in [0.05, 0.1) is 19.8 Å². The maximum absolute atomic E-state index is 12.5. The highest BCUT2D eigenvalue weighted by molar-refractivity contribution is 5.97. The Hall–Kier alpha value is -2.97. The maximum Gasteiger partial charge on any atom is 0.410 e. The van der Waals surface area contributed by atoms with Crippen molar-refractivity contribution in [3.05, 3.63) is 23.8 Å². The molecule has 0 atom stereocenters. The van der Waals surface area contributed by atoms with Crippen LogP contribution in [0.2, 0.25) is 0 Å². The van der Waals surface area contributed by atoms with E-state index in [1.165, 1.54) is 0 Å². The minimum Gasteiger partial charge on any atom is -0.490 e. The molecule has 1 aromatic rings. The van der Waals surface area contributed by atoms with E-state index in [0.29, 0.717) is 56.2 Å². The van der Waals surface area contributed by atoms with Gasteiger partial charge in [-0.15, -0.1) is 0 Å². The number of hydrogen-bond acceptors (Lipinski definition) is 6. The van der Waals surface area contributed by atoms with Crippen LogP contribution in [0.4, 0.5) is 4.79 Å². The quantitative estimate of drug-likeness (QED) is 0.632. The molecule has 0 spiro atoms. The molecule has 9 heteroatoms. The number of carbonyl (C=O) groups excluding carboxylic acids is 3. The fraction of sp³-hybridized carbons (Fsp3) is 0.609. The van der Waals surface area contributed by atoms with Crippen LogP contribution in [0.15, 0.2) is 18.2 Å². The number of ether oxygens (including phenoxy) is 3. The van der Waals surface area contributed by atoms with Gasteiger partial charge >= 0.3 is 6.09 Å². The van der Waals surface area contributed by atoms with Gasteiger partial charge in [0.15, 0.2) is 11.5 Å². The van der Waals surface area contributed by atoms with Gasteiger partial charge in [0.2, 0.25) is 5.91 Å². The minimum absolute atomic E-state index is 0.0480. The van der Waals surface area contributed by atoms with Gasteiger partial charge in [0.25, 0.3) is 5.91 Å². The van der Waals surface area contributed by atoms with Crippen molar-refractivity contribution < 1.29 is 28.6 Å².